The van der Waals surface area contributed by atoms with Crippen LogP contribution in [0.15, 0.2) is 54.6 Å². The van der Waals surface area contributed by atoms with Crippen LogP contribution in [0.4, 0.5) is 0 Å². The van der Waals surface area contributed by atoms with Gasteiger partial charge in [-0.1, -0.05) is 80.9 Å². The van der Waals surface area contributed by atoms with E-state index in [9.17, 15) is 9.90 Å². The van der Waals surface area contributed by atoms with Gasteiger partial charge in [0.1, 0.15) is 0 Å². The number of halogens is 2. The first-order valence-corrected chi connectivity index (χ1v) is 10.3. The third-order valence-electron chi connectivity index (χ3n) is 5.13. The smallest absolute Gasteiger partial charge is 0.338 e. The molecule has 0 atom stereocenters. The van der Waals surface area contributed by atoms with Gasteiger partial charge in [-0.05, 0) is 35.4 Å². The number of carbonyl (C=O) groups is 1. The molecule has 32 heavy (non-hydrogen) atoms. The van der Waals surface area contributed by atoms with Gasteiger partial charge in [-0.2, -0.15) is 0 Å². The van der Waals surface area contributed by atoms with E-state index in [4.69, 9.17) is 10.7 Å². The molecule has 0 spiro atoms. The summed E-state index contributed by atoms with van der Waals surface area (Å²) in [7, 11) is 0. The standard InChI is InChI=1S/C26H30N2O2.2ClH/c1-17-10-12-19(13-11-17)23-20(16-27)22(15-26(2,3)4)28-21(24(23)25(29)30)14-18-8-6-5-7-9-18;;/h5-13H,14-16,27H2,1-4H3,(H,29,30);2*1H. The van der Waals surface area contributed by atoms with Crippen LogP contribution in [-0.4, -0.2) is 16.1 Å². The number of benzene rings is 2. The highest BCUT2D eigenvalue weighted by molar-refractivity contribution is 5.98. The van der Waals surface area contributed by atoms with E-state index in [-0.39, 0.29) is 42.3 Å². The highest BCUT2D eigenvalue weighted by Crippen LogP contribution is 2.35. The Balaban J connectivity index is 0.00000256. The quantitative estimate of drug-likeness (QED) is 0.443. The SMILES string of the molecule is Cc1ccc(-c2c(CN)c(CC(C)(C)C)nc(Cc3ccccc3)c2C(=O)O)cc1.Cl.Cl. The number of aryl methyl sites for hydroxylation is 1. The van der Waals surface area contributed by atoms with Crippen LogP contribution < -0.4 is 5.73 Å². The zero-order valence-corrected chi connectivity index (χ0v) is 20.6. The summed E-state index contributed by atoms with van der Waals surface area (Å²) in [5.41, 5.74) is 12.4. The van der Waals surface area contributed by atoms with Crippen molar-refractivity contribution < 1.29 is 9.90 Å². The minimum absolute atomic E-state index is 0. The Labute approximate surface area is 203 Å². The average molecular weight is 475 g/mol. The summed E-state index contributed by atoms with van der Waals surface area (Å²) < 4.78 is 0. The molecule has 4 nitrogen and oxygen atoms in total. The molecule has 0 amide bonds. The van der Waals surface area contributed by atoms with Crippen molar-refractivity contribution >= 4 is 30.8 Å². The number of nitrogens with zero attached hydrogens (tertiary/aromatic N) is 1. The second-order valence-corrected chi connectivity index (χ2v) is 9.01. The van der Waals surface area contributed by atoms with E-state index in [0.717, 1.165) is 34.4 Å². The number of nitrogens with two attached hydrogens (primary N) is 1. The van der Waals surface area contributed by atoms with Gasteiger partial charge < -0.3 is 10.8 Å². The summed E-state index contributed by atoms with van der Waals surface area (Å²) in [6.45, 7) is 8.73. The fourth-order valence-electron chi connectivity index (χ4n) is 3.78. The zero-order chi connectivity index (χ0) is 21.9. The summed E-state index contributed by atoms with van der Waals surface area (Å²) in [5, 5.41) is 10.2. The van der Waals surface area contributed by atoms with Crippen LogP contribution in [0.1, 0.15) is 59.2 Å². The lowest BCUT2D eigenvalue weighted by Crippen LogP contribution is -2.20. The van der Waals surface area contributed by atoms with E-state index in [1.165, 1.54) is 0 Å². The van der Waals surface area contributed by atoms with Gasteiger partial charge in [-0.3, -0.25) is 4.98 Å². The van der Waals surface area contributed by atoms with Gasteiger partial charge in [-0.25, -0.2) is 4.79 Å². The molecule has 3 rings (SSSR count). The van der Waals surface area contributed by atoms with Crippen LogP contribution in [-0.2, 0) is 19.4 Å². The summed E-state index contributed by atoms with van der Waals surface area (Å²) in [5.74, 6) is -0.971. The Morgan fingerprint density at radius 2 is 1.56 bits per heavy atom. The summed E-state index contributed by atoms with van der Waals surface area (Å²) in [6.07, 6.45) is 1.18. The number of hydrogen-bond acceptors (Lipinski definition) is 3. The number of pyridine rings is 1. The average Bonchev–Trinajstić information content (AvgIpc) is 2.67. The number of hydrogen-bond donors (Lipinski definition) is 2. The molecular weight excluding hydrogens is 443 g/mol. The highest BCUT2D eigenvalue weighted by Gasteiger charge is 2.26. The summed E-state index contributed by atoms with van der Waals surface area (Å²) in [4.78, 5) is 17.3. The van der Waals surface area contributed by atoms with Crippen molar-refractivity contribution in [2.45, 2.75) is 47.1 Å². The maximum Gasteiger partial charge on any atom is 0.338 e. The van der Waals surface area contributed by atoms with Gasteiger partial charge in [-0.15, -0.1) is 24.8 Å². The largest absolute Gasteiger partial charge is 0.478 e. The molecule has 3 N–H and O–H groups in total. The molecule has 6 heteroatoms. The first-order chi connectivity index (χ1) is 14.2. The third kappa shape index (κ3) is 6.55. The van der Waals surface area contributed by atoms with E-state index < -0.39 is 5.97 Å². The number of aromatic carboxylic acids is 1. The Hall–Kier alpha value is -2.40. The van der Waals surface area contributed by atoms with E-state index >= 15 is 0 Å². The lowest BCUT2D eigenvalue weighted by Gasteiger charge is -2.24. The van der Waals surface area contributed by atoms with Crippen LogP contribution >= 0.6 is 24.8 Å². The van der Waals surface area contributed by atoms with Crippen molar-refractivity contribution in [3.63, 3.8) is 0 Å². The molecule has 1 aromatic heterocycles. The molecule has 0 aliphatic rings. The molecule has 0 saturated carbocycles. The highest BCUT2D eigenvalue weighted by atomic mass is 35.5. The molecular formula is C26H32Cl2N2O2. The molecule has 172 valence electrons. The van der Waals surface area contributed by atoms with Gasteiger partial charge in [0.05, 0.1) is 11.3 Å². The van der Waals surface area contributed by atoms with Crippen molar-refractivity contribution in [3.8, 4) is 11.1 Å². The lowest BCUT2D eigenvalue weighted by atomic mass is 9.84. The Kier molecular flexibility index (Phi) is 9.90. The molecule has 2 aromatic carbocycles. The Morgan fingerprint density at radius 3 is 2.06 bits per heavy atom. The van der Waals surface area contributed by atoms with Crippen molar-refractivity contribution in [1.82, 2.24) is 4.98 Å². The van der Waals surface area contributed by atoms with Crippen molar-refractivity contribution in [3.05, 3.63) is 88.2 Å². The molecule has 0 saturated heterocycles. The molecule has 0 radical (unpaired) electrons. The summed E-state index contributed by atoms with van der Waals surface area (Å²) in [6, 6.07) is 17.8. The van der Waals surface area contributed by atoms with Crippen molar-refractivity contribution in [1.29, 1.82) is 0 Å². The predicted molar refractivity (Wildman–Crippen MR) is 136 cm³/mol. The van der Waals surface area contributed by atoms with Crippen LogP contribution in [0.25, 0.3) is 11.1 Å². The van der Waals surface area contributed by atoms with Crippen LogP contribution in [0, 0.1) is 12.3 Å². The monoisotopic (exact) mass is 474 g/mol. The molecule has 0 aliphatic heterocycles. The van der Waals surface area contributed by atoms with Gasteiger partial charge in [0.25, 0.3) is 0 Å². The zero-order valence-electron chi connectivity index (χ0n) is 19.0. The second-order valence-electron chi connectivity index (χ2n) is 9.01. The predicted octanol–water partition coefficient (Wildman–Crippen LogP) is 6.24. The fourth-order valence-corrected chi connectivity index (χ4v) is 3.78. The maximum absolute atomic E-state index is 12.5. The first kappa shape index (κ1) is 27.6. The number of aromatic nitrogens is 1. The van der Waals surface area contributed by atoms with Gasteiger partial charge >= 0.3 is 5.97 Å². The summed E-state index contributed by atoms with van der Waals surface area (Å²) >= 11 is 0. The van der Waals surface area contributed by atoms with Gasteiger partial charge in [0.15, 0.2) is 0 Å². The maximum atomic E-state index is 12.5. The van der Waals surface area contributed by atoms with E-state index in [1.54, 1.807) is 0 Å². The molecule has 0 fully saturated rings. The number of carboxylic acids is 1. The minimum Gasteiger partial charge on any atom is -0.478 e. The molecule has 1 heterocycles. The van der Waals surface area contributed by atoms with Crippen LogP contribution in [0.5, 0.6) is 0 Å². The van der Waals surface area contributed by atoms with E-state index in [1.807, 2.05) is 61.5 Å². The lowest BCUT2D eigenvalue weighted by molar-refractivity contribution is 0.0696. The minimum atomic E-state index is -0.971. The first-order valence-electron chi connectivity index (χ1n) is 10.3. The number of rotatable bonds is 6. The molecule has 3 aromatic rings. The third-order valence-corrected chi connectivity index (χ3v) is 5.13. The van der Waals surface area contributed by atoms with Gasteiger partial charge in [0, 0.05) is 24.2 Å². The Morgan fingerprint density at radius 1 is 0.969 bits per heavy atom. The van der Waals surface area contributed by atoms with E-state index in [0.29, 0.717) is 17.7 Å². The Bertz CT molecular complexity index is 1040. The topological polar surface area (TPSA) is 76.2 Å². The fraction of sp³-hybridized carbons (Fsp3) is 0.308. The normalized spacial score (nSPS) is 10.8. The molecule has 0 unspecified atom stereocenters. The molecule has 0 aliphatic carbocycles. The van der Waals surface area contributed by atoms with E-state index in [2.05, 4.69) is 20.8 Å². The van der Waals surface area contributed by atoms with Gasteiger partial charge in [0.2, 0.25) is 0 Å². The second kappa shape index (κ2) is 11.5. The van der Waals surface area contributed by atoms with Crippen molar-refractivity contribution in [2.75, 3.05) is 0 Å². The van der Waals surface area contributed by atoms with Crippen LogP contribution in [0.3, 0.4) is 0 Å². The molecule has 0 bridgehead atoms. The number of carboxylic acid groups (broad SMARTS) is 1. The van der Waals surface area contributed by atoms with Crippen LogP contribution in [0.2, 0.25) is 0 Å². The van der Waals surface area contributed by atoms with Crippen molar-refractivity contribution in [2.24, 2.45) is 11.1 Å².